The third-order valence-electron chi connectivity index (χ3n) is 4.74. The minimum atomic E-state index is 0. The first-order valence-corrected chi connectivity index (χ1v) is 9.69. The second-order valence-corrected chi connectivity index (χ2v) is 6.50. The van der Waals surface area contributed by atoms with Crippen LogP contribution in [0.3, 0.4) is 0 Å². The van der Waals surface area contributed by atoms with Crippen molar-refractivity contribution in [1.29, 1.82) is 0 Å². The number of guanidine groups is 1. The van der Waals surface area contributed by atoms with E-state index in [1.54, 1.807) is 14.2 Å². The molecule has 1 aromatic carbocycles. The Kier molecular flexibility index (Phi) is 11.0. The van der Waals surface area contributed by atoms with Crippen molar-refractivity contribution in [3.63, 3.8) is 0 Å². The van der Waals surface area contributed by atoms with Crippen molar-refractivity contribution in [3.8, 4) is 11.5 Å². The smallest absolute Gasteiger partial charge is 0.222 e. The third-order valence-corrected chi connectivity index (χ3v) is 4.74. The van der Waals surface area contributed by atoms with E-state index in [0.29, 0.717) is 30.4 Å². The van der Waals surface area contributed by atoms with Gasteiger partial charge in [0.05, 0.1) is 14.2 Å². The molecule has 0 radical (unpaired) electrons. The Bertz CT molecular complexity index is 654. The van der Waals surface area contributed by atoms with Gasteiger partial charge in [-0.25, -0.2) is 0 Å². The summed E-state index contributed by atoms with van der Waals surface area (Å²) >= 11 is 0. The minimum Gasteiger partial charge on any atom is -0.493 e. The molecule has 1 atom stereocenters. The Hall–Kier alpha value is -1.71. The number of amides is 1. The van der Waals surface area contributed by atoms with Crippen LogP contribution < -0.4 is 20.1 Å². The van der Waals surface area contributed by atoms with Gasteiger partial charge < -0.3 is 25.0 Å². The lowest BCUT2D eigenvalue weighted by Crippen LogP contribution is -2.36. The molecule has 1 unspecified atom stereocenters. The van der Waals surface area contributed by atoms with Gasteiger partial charge in [-0.1, -0.05) is 6.92 Å². The first kappa shape index (κ1) is 24.3. The van der Waals surface area contributed by atoms with Crippen molar-refractivity contribution in [2.45, 2.75) is 45.6 Å². The number of rotatable bonds is 9. The normalized spacial score (nSPS) is 15.1. The Balaban J connectivity index is 0.00000392. The molecule has 0 bridgehead atoms. The van der Waals surface area contributed by atoms with Gasteiger partial charge in [-0.2, -0.15) is 0 Å². The molecule has 28 heavy (non-hydrogen) atoms. The molecule has 0 aliphatic carbocycles. The average molecular weight is 504 g/mol. The predicted octanol–water partition coefficient (Wildman–Crippen LogP) is 3.49. The molecule has 2 rings (SSSR count). The lowest BCUT2D eigenvalue weighted by atomic mass is 10.1. The summed E-state index contributed by atoms with van der Waals surface area (Å²) < 4.78 is 10.6. The number of nitrogens with zero attached hydrogens (tertiary/aromatic N) is 2. The van der Waals surface area contributed by atoms with E-state index in [2.05, 4.69) is 22.5 Å². The zero-order valence-corrected chi connectivity index (χ0v) is 19.6. The number of ether oxygens (including phenoxy) is 2. The van der Waals surface area contributed by atoms with Crippen molar-refractivity contribution >= 4 is 41.5 Å². The molecule has 1 saturated heterocycles. The SMILES string of the molecule is CCNC(=NCCC(CC)N1CCCC1=O)Nc1ccc(OC)c(OC)c1.I. The second-order valence-electron chi connectivity index (χ2n) is 6.50. The number of hydrogen-bond acceptors (Lipinski definition) is 4. The summed E-state index contributed by atoms with van der Waals surface area (Å²) in [5.74, 6) is 2.34. The van der Waals surface area contributed by atoms with E-state index in [4.69, 9.17) is 9.47 Å². The minimum absolute atomic E-state index is 0. The number of nitrogens with one attached hydrogen (secondary N) is 2. The van der Waals surface area contributed by atoms with E-state index in [0.717, 1.165) is 38.0 Å². The van der Waals surface area contributed by atoms with E-state index in [1.807, 2.05) is 30.0 Å². The number of aliphatic imine (C=N–C) groups is 1. The molecule has 1 heterocycles. The number of benzene rings is 1. The Morgan fingerprint density at radius 2 is 2.00 bits per heavy atom. The van der Waals surface area contributed by atoms with Crippen LogP contribution >= 0.6 is 24.0 Å². The fourth-order valence-electron chi connectivity index (χ4n) is 3.32. The van der Waals surface area contributed by atoms with Crippen molar-refractivity contribution < 1.29 is 14.3 Å². The van der Waals surface area contributed by atoms with Crippen molar-refractivity contribution in [2.24, 2.45) is 4.99 Å². The van der Waals surface area contributed by atoms with Crippen LogP contribution in [0.2, 0.25) is 0 Å². The molecule has 1 fully saturated rings. The summed E-state index contributed by atoms with van der Waals surface area (Å²) in [6.07, 6.45) is 3.48. The van der Waals surface area contributed by atoms with Crippen molar-refractivity contribution in [2.75, 3.05) is 39.2 Å². The highest BCUT2D eigenvalue weighted by Crippen LogP contribution is 2.29. The fourth-order valence-corrected chi connectivity index (χ4v) is 3.32. The number of hydrogen-bond donors (Lipinski definition) is 2. The Morgan fingerprint density at radius 3 is 2.57 bits per heavy atom. The quantitative estimate of drug-likeness (QED) is 0.306. The molecule has 158 valence electrons. The maximum Gasteiger partial charge on any atom is 0.222 e. The molecule has 1 aromatic rings. The van der Waals surface area contributed by atoms with Crippen LogP contribution in [0.15, 0.2) is 23.2 Å². The number of likely N-dealkylation sites (tertiary alicyclic amines) is 1. The summed E-state index contributed by atoms with van der Waals surface area (Å²) in [5, 5.41) is 6.55. The molecular weight excluding hydrogens is 471 g/mol. The first-order valence-electron chi connectivity index (χ1n) is 9.69. The van der Waals surface area contributed by atoms with Gasteiger partial charge in [-0.05, 0) is 38.3 Å². The fraction of sp³-hybridized carbons (Fsp3) is 0.600. The first-order chi connectivity index (χ1) is 13.1. The maximum absolute atomic E-state index is 12.0. The molecular formula is C20H33IN4O3. The van der Waals surface area contributed by atoms with Crippen LogP contribution in [0.4, 0.5) is 5.69 Å². The summed E-state index contributed by atoms with van der Waals surface area (Å²) in [5.41, 5.74) is 0.870. The van der Waals surface area contributed by atoms with E-state index in [-0.39, 0.29) is 35.9 Å². The zero-order valence-electron chi connectivity index (χ0n) is 17.3. The lowest BCUT2D eigenvalue weighted by Gasteiger charge is -2.26. The zero-order chi connectivity index (χ0) is 19.6. The van der Waals surface area contributed by atoms with Crippen LogP contribution in [-0.4, -0.2) is 56.7 Å². The van der Waals surface area contributed by atoms with E-state index < -0.39 is 0 Å². The van der Waals surface area contributed by atoms with E-state index in [1.165, 1.54) is 0 Å². The summed E-state index contributed by atoms with van der Waals surface area (Å²) in [4.78, 5) is 18.7. The molecule has 8 heteroatoms. The topological polar surface area (TPSA) is 75.2 Å². The number of halogens is 1. The van der Waals surface area contributed by atoms with Crippen LogP contribution in [0.25, 0.3) is 0 Å². The molecule has 2 N–H and O–H groups in total. The largest absolute Gasteiger partial charge is 0.493 e. The number of carbonyl (C=O) groups excluding carboxylic acids is 1. The van der Waals surface area contributed by atoms with Gasteiger partial charge in [0.25, 0.3) is 0 Å². The average Bonchev–Trinajstić information content (AvgIpc) is 3.11. The third kappa shape index (κ3) is 6.72. The Labute approximate surface area is 185 Å². The van der Waals surface area contributed by atoms with Crippen LogP contribution in [-0.2, 0) is 4.79 Å². The molecule has 0 spiro atoms. The Morgan fingerprint density at radius 1 is 1.25 bits per heavy atom. The van der Waals surface area contributed by atoms with Gasteiger partial charge in [-0.15, -0.1) is 24.0 Å². The standard InChI is InChI=1S/C20H32N4O3.HI/c1-5-16(24-13-7-8-19(24)25)11-12-22-20(21-6-2)23-15-9-10-17(26-3)18(14-15)27-4;/h9-10,14,16H,5-8,11-13H2,1-4H3,(H2,21,22,23);1H. The van der Waals surface area contributed by atoms with Gasteiger partial charge >= 0.3 is 0 Å². The molecule has 7 nitrogen and oxygen atoms in total. The van der Waals surface area contributed by atoms with Gasteiger partial charge in [0, 0.05) is 43.9 Å². The summed E-state index contributed by atoms with van der Waals surface area (Å²) in [6, 6.07) is 5.93. The van der Waals surface area contributed by atoms with Crippen molar-refractivity contribution in [3.05, 3.63) is 18.2 Å². The molecule has 1 aliphatic heterocycles. The molecule has 1 aliphatic rings. The van der Waals surface area contributed by atoms with E-state index >= 15 is 0 Å². The van der Waals surface area contributed by atoms with Crippen LogP contribution in [0, 0.1) is 0 Å². The van der Waals surface area contributed by atoms with Crippen LogP contribution in [0.5, 0.6) is 11.5 Å². The number of anilines is 1. The maximum atomic E-state index is 12.0. The second kappa shape index (κ2) is 12.7. The molecule has 0 saturated carbocycles. The summed E-state index contributed by atoms with van der Waals surface area (Å²) in [7, 11) is 3.23. The lowest BCUT2D eigenvalue weighted by molar-refractivity contribution is -0.129. The predicted molar refractivity (Wildman–Crippen MR) is 124 cm³/mol. The monoisotopic (exact) mass is 504 g/mol. The number of carbonyl (C=O) groups is 1. The molecule has 1 amide bonds. The van der Waals surface area contributed by atoms with E-state index in [9.17, 15) is 4.79 Å². The summed E-state index contributed by atoms with van der Waals surface area (Å²) in [6.45, 7) is 6.47. The van der Waals surface area contributed by atoms with Gasteiger partial charge in [0.15, 0.2) is 17.5 Å². The highest BCUT2D eigenvalue weighted by molar-refractivity contribution is 14.0. The van der Waals surface area contributed by atoms with Gasteiger partial charge in [0.2, 0.25) is 5.91 Å². The number of methoxy groups -OCH3 is 2. The highest BCUT2D eigenvalue weighted by atomic mass is 127. The molecule has 0 aromatic heterocycles. The van der Waals surface area contributed by atoms with Gasteiger partial charge in [-0.3, -0.25) is 9.79 Å². The highest BCUT2D eigenvalue weighted by Gasteiger charge is 2.26. The van der Waals surface area contributed by atoms with Crippen molar-refractivity contribution in [1.82, 2.24) is 10.2 Å². The van der Waals surface area contributed by atoms with Gasteiger partial charge in [0.1, 0.15) is 0 Å². The van der Waals surface area contributed by atoms with Crippen LogP contribution in [0.1, 0.15) is 39.5 Å².